The van der Waals surface area contributed by atoms with Crippen LogP contribution in [0.4, 0.5) is 0 Å². The molecule has 12 heteroatoms. The van der Waals surface area contributed by atoms with Gasteiger partial charge in [-0.1, -0.05) is 6.92 Å². The van der Waals surface area contributed by atoms with Crippen LogP contribution in [0.1, 0.15) is 71.1 Å². The number of aliphatic hydroxyl groups excluding tert-OH is 3. The monoisotopic (exact) mass is 532 g/mol. The highest BCUT2D eigenvalue weighted by Crippen LogP contribution is 2.07. The van der Waals surface area contributed by atoms with Crippen molar-refractivity contribution < 1.29 is 29.7 Å². The first kappa shape index (κ1) is 35.2. The Labute approximate surface area is 221 Å². The number of carbonyl (C=O) groups is 3. The highest BCUT2D eigenvalue weighted by Gasteiger charge is 2.10. The second-order valence-corrected chi connectivity index (χ2v) is 9.47. The molecule has 0 fully saturated rings. The predicted octanol–water partition coefficient (Wildman–Crippen LogP) is -1.44. The number of hydrogen-bond acceptors (Lipinski definition) is 9. The van der Waals surface area contributed by atoms with Gasteiger partial charge in [0.05, 0.1) is 18.3 Å². The summed E-state index contributed by atoms with van der Waals surface area (Å²) < 4.78 is 0. The Hall–Kier alpha value is -1.83. The predicted molar refractivity (Wildman–Crippen MR) is 143 cm³/mol. The smallest absolute Gasteiger partial charge is 0.220 e. The minimum Gasteiger partial charge on any atom is -0.391 e. The molecule has 3 amide bonds. The highest BCUT2D eigenvalue weighted by molar-refractivity contribution is 5.76. The van der Waals surface area contributed by atoms with Gasteiger partial charge in [0.1, 0.15) is 0 Å². The highest BCUT2D eigenvalue weighted by atomic mass is 16.3. The summed E-state index contributed by atoms with van der Waals surface area (Å²) in [4.78, 5) is 38.0. The van der Waals surface area contributed by atoms with Crippen molar-refractivity contribution in [3.63, 3.8) is 0 Å². The Morgan fingerprint density at radius 1 is 0.622 bits per heavy atom. The summed E-state index contributed by atoms with van der Waals surface area (Å²) in [5.41, 5.74) is 10.7. The third-order valence-corrected chi connectivity index (χ3v) is 6.00. The van der Waals surface area contributed by atoms with Gasteiger partial charge in [0.25, 0.3) is 0 Å². The molecule has 0 aliphatic carbocycles. The van der Waals surface area contributed by atoms with Gasteiger partial charge in [0.15, 0.2) is 0 Å². The number of nitrogens with zero attached hydrogens (tertiary/aromatic N) is 1. The third-order valence-electron chi connectivity index (χ3n) is 6.00. The zero-order chi connectivity index (χ0) is 27.9. The summed E-state index contributed by atoms with van der Waals surface area (Å²) in [5.74, 6) is -0.274. The molecule has 0 aromatic rings. The Morgan fingerprint density at radius 2 is 0.946 bits per heavy atom. The largest absolute Gasteiger partial charge is 0.391 e. The van der Waals surface area contributed by atoms with Gasteiger partial charge in [-0.3, -0.25) is 14.4 Å². The van der Waals surface area contributed by atoms with Crippen molar-refractivity contribution in [3.8, 4) is 0 Å². The fourth-order valence-corrected chi connectivity index (χ4v) is 3.47. The number of amides is 3. The van der Waals surface area contributed by atoms with E-state index in [1.165, 1.54) is 0 Å². The number of rotatable bonds is 24. The van der Waals surface area contributed by atoms with Crippen LogP contribution in [0.3, 0.4) is 0 Å². The molecule has 0 saturated heterocycles. The lowest BCUT2D eigenvalue weighted by molar-refractivity contribution is -0.122. The third kappa shape index (κ3) is 21.9. The van der Waals surface area contributed by atoms with Crippen molar-refractivity contribution in [1.82, 2.24) is 20.9 Å². The van der Waals surface area contributed by atoms with Crippen LogP contribution in [-0.2, 0) is 14.4 Å². The van der Waals surface area contributed by atoms with Crippen LogP contribution in [0, 0.1) is 0 Å². The van der Waals surface area contributed by atoms with E-state index in [1.54, 1.807) is 0 Å². The maximum absolute atomic E-state index is 11.9. The molecule has 0 aromatic carbocycles. The van der Waals surface area contributed by atoms with Crippen molar-refractivity contribution in [3.05, 3.63) is 0 Å². The van der Waals surface area contributed by atoms with E-state index in [4.69, 9.17) is 11.5 Å². The summed E-state index contributed by atoms with van der Waals surface area (Å²) in [5, 5.41) is 36.5. The van der Waals surface area contributed by atoms with E-state index in [0.29, 0.717) is 25.7 Å². The first-order chi connectivity index (χ1) is 17.7. The van der Waals surface area contributed by atoms with E-state index in [0.717, 1.165) is 58.2 Å². The second-order valence-electron chi connectivity index (χ2n) is 9.47. The SMILES string of the molecule is CCC(O)CNC(=O)CCCCN(CCCCC(=O)NCC(O)CN)CCCCC(=O)NCC(O)CN. The molecule has 218 valence electrons. The number of nitrogens with one attached hydrogen (secondary N) is 3. The molecule has 0 radical (unpaired) electrons. The molecule has 10 N–H and O–H groups in total. The molecular formula is C25H52N6O6. The molecule has 0 bridgehead atoms. The number of hydrogen-bond donors (Lipinski definition) is 8. The van der Waals surface area contributed by atoms with Crippen molar-refractivity contribution in [2.75, 3.05) is 52.4 Å². The lowest BCUT2D eigenvalue weighted by Crippen LogP contribution is -2.36. The van der Waals surface area contributed by atoms with Gasteiger partial charge in [0.2, 0.25) is 17.7 Å². The second kappa shape index (κ2) is 23.3. The topological polar surface area (TPSA) is 203 Å². The summed E-state index contributed by atoms with van der Waals surface area (Å²) >= 11 is 0. The van der Waals surface area contributed by atoms with Crippen LogP contribution in [0.25, 0.3) is 0 Å². The van der Waals surface area contributed by atoms with Gasteiger partial charge in [-0.05, 0) is 64.6 Å². The molecular weight excluding hydrogens is 480 g/mol. The normalized spacial score (nSPS) is 13.7. The summed E-state index contributed by atoms with van der Waals surface area (Å²) in [6.45, 7) is 5.10. The van der Waals surface area contributed by atoms with E-state index in [9.17, 15) is 29.7 Å². The zero-order valence-corrected chi connectivity index (χ0v) is 22.6. The maximum Gasteiger partial charge on any atom is 0.220 e. The fourth-order valence-electron chi connectivity index (χ4n) is 3.47. The van der Waals surface area contributed by atoms with Crippen LogP contribution in [0.5, 0.6) is 0 Å². The molecule has 0 aliphatic rings. The summed E-state index contributed by atoms with van der Waals surface area (Å²) in [7, 11) is 0. The molecule has 0 aliphatic heterocycles. The lowest BCUT2D eigenvalue weighted by Gasteiger charge is -2.22. The van der Waals surface area contributed by atoms with Gasteiger partial charge < -0.3 is 47.6 Å². The molecule has 0 spiro atoms. The molecule has 3 unspecified atom stereocenters. The van der Waals surface area contributed by atoms with Crippen LogP contribution in [-0.4, -0.2) is 109 Å². The van der Waals surface area contributed by atoms with Gasteiger partial charge in [-0.15, -0.1) is 0 Å². The molecule has 0 saturated carbocycles. The Bertz CT molecular complexity index is 531. The van der Waals surface area contributed by atoms with Crippen LogP contribution in [0.2, 0.25) is 0 Å². The number of nitrogens with two attached hydrogens (primary N) is 2. The van der Waals surface area contributed by atoms with Crippen molar-refractivity contribution >= 4 is 17.7 Å². The number of aliphatic hydroxyl groups is 3. The van der Waals surface area contributed by atoms with Gasteiger partial charge in [-0.25, -0.2) is 0 Å². The van der Waals surface area contributed by atoms with Crippen LogP contribution in [0.15, 0.2) is 0 Å². The Kier molecular flexibility index (Phi) is 22.1. The maximum atomic E-state index is 11.9. The van der Waals surface area contributed by atoms with Crippen molar-refractivity contribution in [2.45, 2.75) is 89.4 Å². The van der Waals surface area contributed by atoms with Gasteiger partial charge in [0, 0.05) is 52.0 Å². The minimum atomic E-state index is -0.731. The molecule has 0 heterocycles. The Morgan fingerprint density at radius 3 is 1.24 bits per heavy atom. The average Bonchev–Trinajstić information content (AvgIpc) is 2.90. The van der Waals surface area contributed by atoms with E-state index in [2.05, 4.69) is 20.9 Å². The quantitative estimate of drug-likeness (QED) is 0.0685. The molecule has 12 nitrogen and oxygen atoms in total. The zero-order valence-electron chi connectivity index (χ0n) is 22.6. The number of carbonyl (C=O) groups excluding carboxylic acids is 3. The molecule has 37 heavy (non-hydrogen) atoms. The van der Waals surface area contributed by atoms with Crippen molar-refractivity contribution in [1.29, 1.82) is 0 Å². The molecule has 0 rings (SSSR count). The average molecular weight is 533 g/mol. The standard InChI is InChI=1S/C25H52N6O6/c1-2-20(32)17-28-23(35)9-3-6-12-31(13-7-4-10-24(36)29-18-21(33)15-26)14-8-5-11-25(37)30-19-22(34)16-27/h20-22,32-34H,2-19,26-27H2,1H3,(H,28,35)(H,29,36)(H,30,37). The van der Waals surface area contributed by atoms with Crippen molar-refractivity contribution in [2.24, 2.45) is 11.5 Å². The van der Waals surface area contributed by atoms with Gasteiger partial charge in [-0.2, -0.15) is 0 Å². The van der Waals surface area contributed by atoms with Gasteiger partial charge >= 0.3 is 0 Å². The summed E-state index contributed by atoms with van der Waals surface area (Å²) in [6.07, 6.45) is 4.48. The molecule has 0 aromatic heterocycles. The number of unbranched alkanes of at least 4 members (excludes halogenated alkanes) is 3. The Balaban J connectivity index is 4.35. The van der Waals surface area contributed by atoms with E-state index in [1.807, 2.05) is 6.92 Å². The lowest BCUT2D eigenvalue weighted by atomic mass is 10.1. The van der Waals surface area contributed by atoms with Crippen LogP contribution >= 0.6 is 0 Å². The minimum absolute atomic E-state index is 0.0596. The van der Waals surface area contributed by atoms with E-state index < -0.39 is 18.3 Å². The fraction of sp³-hybridized carbons (Fsp3) is 0.880. The molecule has 3 atom stereocenters. The van der Waals surface area contributed by atoms with Crippen LogP contribution < -0.4 is 27.4 Å². The van der Waals surface area contributed by atoms with E-state index >= 15 is 0 Å². The first-order valence-corrected chi connectivity index (χ1v) is 13.7. The summed E-state index contributed by atoms with van der Waals surface area (Å²) in [6, 6.07) is 0. The van der Waals surface area contributed by atoms with E-state index in [-0.39, 0.29) is 50.4 Å². The first-order valence-electron chi connectivity index (χ1n) is 13.7.